The van der Waals surface area contributed by atoms with Crippen LogP contribution in [-0.2, 0) is 0 Å². The fourth-order valence-electron chi connectivity index (χ4n) is 1.81. The predicted octanol–water partition coefficient (Wildman–Crippen LogP) is 2.15. The normalized spacial score (nSPS) is 34.2. The lowest BCUT2D eigenvalue weighted by molar-refractivity contribution is 0.0986. The Balaban J connectivity index is 2.18. The van der Waals surface area contributed by atoms with Gasteiger partial charge in [-0.05, 0) is 18.8 Å². The zero-order chi connectivity index (χ0) is 7.40. The molecule has 2 unspecified atom stereocenters. The molecule has 59 valence electrons. The van der Waals surface area contributed by atoms with Gasteiger partial charge >= 0.3 is 0 Å². The quantitative estimate of drug-likeness (QED) is 0.624. The van der Waals surface area contributed by atoms with Gasteiger partial charge in [0.15, 0.2) is 0 Å². The Morgan fingerprint density at radius 1 is 1.40 bits per heavy atom. The van der Waals surface area contributed by atoms with Crippen LogP contribution in [0.4, 0.5) is 0 Å². The highest BCUT2D eigenvalue weighted by atomic mass is 16.3. The number of hydrogen-bond acceptors (Lipinski definition) is 1. The molecule has 1 saturated carbocycles. The van der Waals surface area contributed by atoms with Gasteiger partial charge in [0, 0.05) is 0 Å². The van der Waals surface area contributed by atoms with Crippen LogP contribution in [-0.4, -0.2) is 11.2 Å². The van der Waals surface area contributed by atoms with Gasteiger partial charge < -0.3 is 5.11 Å². The largest absolute Gasteiger partial charge is 0.393 e. The number of rotatable bonds is 2. The van der Waals surface area contributed by atoms with Gasteiger partial charge in [-0.1, -0.05) is 32.6 Å². The summed E-state index contributed by atoms with van der Waals surface area (Å²) in [5, 5.41) is 9.29. The van der Waals surface area contributed by atoms with Crippen molar-refractivity contribution in [3.8, 4) is 0 Å². The molecule has 1 nitrogen and oxygen atoms in total. The SMILES string of the molecule is [CH2]CCC1CCCC(O)C1. The van der Waals surface area contributed by atoms with Crippen molar-refractivity contribution in [3.63, 3.8) is 0 Å². The van der Waals surface area contributed by atoms with Crippen molar-refractivity contribution in [2.24, 2.45) is 5.92 Å². The Morgan fingerprint density at radius 3 is 2.80 bits per heavy atom. The molecular weight excluding hydrogens is 124 g/mol. The van der Waals surface area contributed by atoms with Gasteiger partial charge in [0.05, 0.1) is 6.10 Å². The summed E-state index contributed by atoms with van der Waals surface area (Å²) in [6, 6.07) is 0. The van der Waals surface area contributed by atoms with Crippen LogP contribution in [0.25, 0.3) is 0 Å². The Labute approximate surface area is 63.4 Å². The van der Waals surface area contributed by atoms with Gasteiger partial charge in [-0.2, -0.15) is 0 Å². The Kier molecular flexibility index (Phi) is 3.20. The first-order valence-electron chi connectivity index (χ1n) is 4.30. The molecule has 2 atom stereocenters. The zero-order valence-electron chi connectivity index (χ0n) is 6.55. The van der Waals surface area contributed by atoms with E-state index in [-0.39, 0.29) is 6.10 Å². The minimum absolute atomic E-state index is 0.00898. The zero-order valence-corrected chi connectivity index (χ0v) is 6.55. The van der Waals surface area contributed by atoms with E-state index < -0.39 is 0 Å². The van der Waals surface area contributed by atoms with Crippen LogP contribution in [0.15, 0.2) is 0 Å². The van der Waals surface area contributed by atoms with Gasteiger partial charge in [0.1, 0.15) is 0 Å². The molecule has 1 aliphatic carbocycles. The summed E-state index contributed by atoms with van der Waals surface area (Å²) in [6.45, 7) is 3.82. The van der Waals surface area contributed by atoms with E-state index in [1.165, 1.54) is 19.3 Å². The second kappa shape index (κ2) is 3.97. The summed E-state index contributed by atoms with van der Waals surface area (Å²) < 4.78 is 0. The van der Waals surface area contributed by atoms with Crippen molar-refractivity contribution in [1.82, 2.24) is 0 Å². The molecule has 0 spiro atoms. The van der Waals surface area contributed by atoms with Crippen molar-refractivity contribution in [1.29, 1.82) is 0 Å². The van der Waals surface area contributed by atoms with Crippen molar-refractivity contribution >= 4 is 0 Å². The predicted molar refractivity (Wildman–Crippen MR) is 42.6 cm³/mol. The van der Waals surface area contributed by atoms with Crippen LogP contribution in [0.1, 0.15) is 38.5 Å². The molecule has 10 heavy (non-hydrogen) atoms. The fraction of sp³-hybridized carbons (Fsp3) is 0.889. The van der Waals surface area contributed by atoms with Crippen LogP contribution in [0.2, 0.25) is 0 Å². The summed E-state index contributed by atoms with van der Waals surface area (Å²) in [5.41, 5.74) is 0. The first-order chi connectivity index (χ1) is 4.83. The maximum absolute atomic E-state index is 9.29. The number of aliphatic hydroxyl groups is 1. The second-order valence-corrected chi connectivity index (χ2v) is 3.33. The molecule has 1 heteroatoms. The van der Waals surface area contributed by atoms with E-state index in [1.54, 1.807) is 0 Å². The number of hydrogen-bond donors (Lipinski definition) is 1. The summed E-state index contributed by atoms with van der Waals surface area (Å²) in [6.07, 6.45) is 6.79. The molecule has 0 aromatic rings. The minimum Gasteiger partial charge on any atom is -0.393 e. The summed E-state index contributed by atoms with van der Waals surface area (Å²) >= 11 is 0. The lowest BCUT2D eigenvalue weighted by atomic mass is 9.85. The molecule has 0 bridgehead atoms. The molecule has 0 aliphatic heterocycles. The van der Waals surface area contributed by atoms with Crippen molar-refractivity contribution in [2.45, 2.75) is 44.6 Å². The van der Waals surface area contributed by atoms with E-state index in [0.29, 0.717) is 0 Å². The lowest BCUT2D eigenvalue weighted by Crippen LogP contribution is -2.19. The van der Waals surface area contributed by atoms with Crippen LogP contribution >= 0.6 is 0 Å². The van der Waals surface area contributed by atoms with Crippen molar-refractivity contribution in [2.75, 3.05) is 0 Å². The van der Waals surface area contributed by atoms with Crippen LogP contribution in [0.5, 0.6) is 0 Å². The van der Waals surface area contributed by atoms with Gasteiger partial charge in [-0.3, -0.25) is 0 Å². The molecule has 0 heterocycles. The van der Waals surface area contributed by atoms with E-state index in [2.05, 4.69) is 6.92 Å². The first-order valence-corrected chi connectivity index (χ1v) is 4.30. The van der Waals surface area contributed by atoms with E-state index in [1.807, 2.05) is 0 Å². The Bertz CT molecular complexity index is 88.7. The fourth-order valence-corrected chi connectivity index (χ4v) is 1.81. The minimum atomic E-state index is -0.00898. The van der Waals surface area contributed by atoms with Gasteiger partial charge in [-0.25, -0.2) is 0 Å². The molecule has 1 N–H and O–H groups in total. The molecule has 0 saturated heterocycles. The van der Waals surface area contributed by atoms with Crippen LogP contribution in [0, 0.1) is 12.8 Å². The van der Waals surface area contributed by atoms with Crippen molar-refractivity contribution in [3.05, 3.63) is 6.92 Å². The summed E-state index contributed by atoms with van der Waals surface area (Å²) in [4.78, 5) is 0. The molecule has 1 aliphatic rings. The van der Waals surface area contributed by atoms with Gasteiger partial charge in [0.25, 0.3) is 0 Å². The standard InChI is InChI=1S/C9H17O/c1-2-4-8-5-3-6-9(10)7-8/h8-10H,1-7H2. The first kappa shape index (κ1) is 8.06. The maximum Gasteiger partial charge on any atom is 0.0542 e. The third kappa shape index (κ3) is 2.30. The lowest BCUT2D eigenvalue weighted by Gasteiger charge is -2.25. The average molecular weight is 141 g/mol. The molecule has 1 radical (unpaired) electrons. The molecule has 0 aromatic heterocycles. The molecule has 1 rings (SSSR count). The maximum atomic E-state index is 9.29. The van der Waals surface area contributed by atoms with Crippen LogP contribution < -0.4 is 0 Å². The van der Waals surface area contributed by atoms with E-state index in [9.17, 15) is 5.11 Å². The monoisotopic (exact) mass is 141 g/mol. The molecule has 0 amide bonds. The third-order valence-electron chi connectivity index (χ3n) is 2.37. The second-order valence-electron chi connectivity index (χ2n) is 3.33. The summed E-state index contributed by atoms with van der Waals surface area (Å²) in [7, 11) is 0. The van der Waals surface area contributed by atoms with Crippen LogP contribution in [0.3, 0.4) is 0 Å². The summed E-state index contributed by atoms with van der Waals surface area (Å²) in [5.74, 6) is 0.765. The molecular formula is C9H17O. The topological polar surface area (TPSA) is 20.2 Å². The third-order valence-corrected chi connectivity index (χ3v) is 2.37. The van der Waals surface area contributed by atoms with E-state index in [4.69, 9.17) is 0 Å². The van der Waals surface area contributed by atoms with Gasteiger partial charge in [0.2, 0.25) is 0 Å². The smallest absolute Gasteiger partial charge is 0.0542 e. The molecule has 1 fully saturated rings. The molecule has 0 aromatic carbocycles. The van der Waals surface area contributed by atoms with Gasteiger partial charge in [-0.15, -0.1) is 0 Å². The highest BCUT2D eigenvalue weighted by Crippen LogP contribution is 2.27. The van der Waals surface area contributed by atoms with Crippen molar-refractivity contribution < 1.29 is 5.11 Å². The highest BCUT2D eigenvalue weighted by Gasteiger charge is 2.18. The van der Waals surface area contributed by atoms with E-state index in [0.717, 1.165) is 25.2 Å². The Morgan fingerprint density at radius 2 is 2.20 bits per heavy atom. The van der Waals surface area contributed by atoms with E-state index >= 15 is 0 Å². The Hall–Kier alpha value is -0.0400. The highest BCUT2D eigenvalue weighted by molar-refractivity contribution is 4.72. The average Bonchev–Trinajstić information content (AvgIpc) is 1.88. The number of aliphatic hydroxyl groups excluding tert-OH is 1.